The molecule has 2 heterocycles. The van der Waals surface area contributed by atoms with Crippen LogP contribution in [0.15, 0.2) is 144 Å². The molecule has 0 saturated heterocycles. The van der Waals surface area contributed by atoms with E-state index in [0.717, 1.165) is 28.2 Å². The summed E-state index contributed by atoms with van der Waals surface area (Å²) in [6.45, 7) is 9.40. The zero-order valence-electron chi connectivity index (χ0n) is 29.3. The number of fused-ring (bicyclic) bond motifs is 4. The molecule has 2 bridgehead atoms. The third kappa shape index (κ3) is 7.73. The number of carbonyl (C=O) groups is 2. The Morgan fingerprint density at radius 1 is 0.926 bits per heavy atom. The molecule has 54 heavy (non-hydrogen) atoms. The Morgan fingerprint density at radius 3 is 2.52 bits per heavy atom. The Labute approximate surface area is 312 Å². The van der Waals surface area contributed by atoms with Crippen molar-refractivity contribution in [2.45, 2.75) is 18.0 Å². The molecule has 0 saturated carbocycles. The van der Waals surface area contributed by atoms with Gasteiger partial charge in [-0.1, -0.05) is 79.9 Å². The van der Waals surface area contributed by atoms with Crippen LogP contribution in [0.2, 0.25) is 0 Å². The minimum atomic E-state index is -4.61. The van der Waals surface area contributed by atoms with E-state index in [2.05, 4.69) is 22.6 Å². The monoisotopic (exact) mass is 741 g/mol. The number of hydrogen-bond acceptors (Lipinski definition) is 8. The Balaban J connectivity index is 1.43. The van der Waals surface area contributed by atoms with E-state index in [9.17, 15) is 22.6 Å². The Hall–Kier alpha value is -6.30. The van der Waals surface area contributed by atoms with Gasteiger partial charge < -0.3 is 18.8 Å². The average Bonchev–Trinajstić information content (AvgIpc) is 3.18. The highest BCUT2D eigenvalue weighted by Crippen LogP contribution is 2.43. The fourth-order valence-corrected chi connectivity index (χ4v) is 7.40. The molecular weight excluding hydrogens is 705 g/mol. The number of anilines is 1. The average molecular weight is 742 g/mol. The zero-order chi connectivity index (χ0) is 37.8. The molecule has 11 heteroatoms. The molecule has 0 aromatic heterocycles. The molecule has 4 aromatic carbocycles. The van der Waals surface area contributed by atoms with Crippen LogP contribution in [-0.4, -0.2) is 51.2 Å². The van der Waals surface area contributed by atoms with Crippen LogP contribution in [-0.2, 0) is 42.3 Å². The lowest BCUT2D eigenvalue weighted by Gasteiger charge is -2.26. The van der Waals surface area contributed by atoms with Crippen LogP contribution >= 0.6 is 0 Å². The molecule has 0 radical (unpaired) electrons. The van der Waals surface area contributed by atoms with Crippen LogP contribution in [0.3, 0.4) is 0 Å². The summed E-state index contributed by atoms with van der Waals surface area (Å²) in [6, 6.07) is 35.1. The number of esters is 2. The topological polar surface area (TPSA) is 126 Å². The van der Waals surface area contributed by atoms with Crippen molar-refractivity contribution < 1.29 is 36.5 Å². The van der Waals surface area contributed by atoms with Gasteiger partial charge in [-0.05, 0) is 41.5 Å². The standard InChI is InChI=1S/C43H36N2O8S/c1-3-41(46)51-22-20-44(27-30-10-5-4-6-11-30)33-16-18-35-38(25-33)53-39-26-34(17-19-36(39)42(35)37-14-7-8-15-40(37)54(48,49)50)45-21-23-52-43(47)29(2)32-13-9-12-31(24-32)28-45/h3-19,24-26H,1-2,20-23,27-28H2/p+1. The molecule has 0 atom stereocenters. The predicted molar refractivity (Wildman–Crippen MR) is 207 cm³/mol. The van der Waals surface area contributed by atoms with Gasteiger partial charge in [0, 0.05) is 58.1 Å². The molecule has 1 N–H and O–H groups in total. The Kier molecular flexibility index (Phi) is 10.3. The predicted octanol–water partition coefficient (Wildman–Crippen LogP) is 6.73. The van der Waals surface area contributed by atoms with Crippen molar-refractivity contribution in [3.05, 3.63) is 157 Å². The van der Waals surface area contributed by atoms with Gasteiger partial charge >= 0.3 is 11.9 Å². The lowest BCUT2D eigenvalue weighted by Crippen LogP contribution is -2.33. The van der Waals surface area contributed by atoms with E-state index in [1.807, 2.05) is 91.0 Å². The molecule has 4 aromatic rings. The van der Waals surface area contributed by atoms with Gasteiger partial charge in [0.05, 0.1) is 18.2 Å². The Bertz CT molecular complexity index is 2580. The molecule has 2 aliphatic heterocycles. The van der Waals surface area contributed by atoms with Crippen LogP contribution in [0.25, 0.3) is 39.0 Å². The SMILES string of the molecule is C=CC(=O)OCCN(Cc1ccccc1)c1ccc2c(-c3ccccc3S(=O)(=O)O)c3ccc(=[N+]4CCOC(=O)C(=C)c5cccc(c5)C4)cc-3oc2c1. The van der Waals surface area contributed by atoms with Crippen LogP contribution in [0.1, 0.15) is 16.7 Å². The summed E-state index contributed by atoms with van der Waals surface area (Å²) < 4.78 is 55.4. The molecule has 3 aliphatic rings. The van der Waals surface area contributed by atoms with E-state index < -0.39 is 22.1 Å². The summed E-state index contributed by atoms with van der Waals surface area (Å²) in [7, 11) is -4.61. The number of hydrogen-bond donors (Lipinski definition) is 1. The van der Waals surface area contributed by atoms with Crippen molar-refractivity contribution in [1.82, 2.24) is 4.58 Å². The fraction of sp³-hybridized carbons (Fsp3) is 0.140. The first-order valence-electron chi connectivity index (χ1n) is 17.3. The van der Waals surface area contributed by atoms with Crippen molar-refractivity contribution in [2.75, 3.05) is 31.2 Å². The van der Waals surface area contributed by atoms with Crippen molar-refractivity contribution in [2.24, 2.45) is 0 Å². The summed E-state index contributed by atoms with van der Waals surface area (Å²) in [5, 5.41) is 1.40. The normalized spacial score (nSPS) is 14.4. The van der Waals surface area contributed by atoms with Gasteiger partial charge in [-0.25, -0.2) is 14.2 Å². The molecule has 0 unspecified atom stereocenters. The smallest absolute Gasteiger partial charge is 0.338 e. The first-order chi connectivity index (χ1) is 26.1. The molecule has 1 aliphatic carbocycles. The van der Waals surface area contributed by atoms with Gasteiger partial charge in [0.25, 0.3) is 10.1 Å². The highest BCUT2D eigenvalue weighted by Gasteiger charge is 2.25. The van der Waals surface area contributed by atoms with Crippen molar-refractivity contribution in [3.8, 4) is 22.5 Å². The van der Waals surface area contributed by atoms with Crippen LogP contribution < -0.4 is 14.8 Å². The van der Waals surface area contributed by atoms with E-state index in [4.69, 9.17) is 13.9 Å². The van der Waals surface area contributed by atoms with Crippen LogP contribution in [0.4, 0.5) is 5.69 Å². The molecule has 0 spiro atoms. The van der Waals surface area contributed by atoms with Gasteiger partial charge in [-0.3, -0.25) is 4.55 Å². The van der Waals surface area contributed by atoms with Gasteiger partial charge in [-0.2, -0.15) is 8.42 Å². The quantitative estimate of drug-likeness (QED) is 0.0565. The van der Waals surface area contributed by atoms with Crippen molar-refractivity contribution in [3.63, 3.8) is 0 Å². The summed E-state index contributed by atoms with van der Waals surface area (Å²) >= 11 is 0. The fourth-order valence-electron chi connectivity index (χ4n) is 6.70. The Morgan fingerprint density at radius 2 is 1.72 bits per heavy atom. The van der Waals surface area contributed by atoms with Gasteiger partial charge in [0.15, 0.2) is 19.7 Å². The van der Waals surface area contributed by atoms with E-state index >= 15 is 0 Å². The highest BCUT2D eigenvalue weighted by atomic mass is 32.2. The number of benzene rings is 5. The molecule has 7 rings (SSSR count). The first-order valence-corrected chi connectivity index (χ1v) is 18.7. The van der Waals surface area contributed by atoms with E-state index in [0.29, 0.717) is 70.7 Å². The zero-order valence-corrected chi connectivity index (χ0v) is 30.1. The third-order valence-electron chi connectivity index (χ3n) is 9.33. The van der Waals surface area contributed by atoms with Gasteiger partial charge in [0.2, 0.25) is 5.36 Å². The lowest BCUT2D eigenvalue weighted by molar-refractivity contribution is -0.138. The maximum Gasteiger partial charge on any atom is 0.338 e. The second-order valence-corrected chi connectivity index (χ2v) is 14.2. The second kappa shape index (κ2) is 15.4. The van der Waals surface area contributed by atoms with E-state index in [1.54, 1.807) is 18.2 Å². The van der Waals surface area contributed by atoms with Crippen molar-refractivity contribution in [1.29, 1.82) is 0 Å². The maximum atomic E-state index is 12.7. The van der Waals surface area contributed by atoms with E-state index in [1.165, 1.54) is 6.07 Å². The van der Waals surface area contributed by atoms with Crippen LogP contribution in [0.5, 0.6) is 0 Å². The molecule has 0 fully saturated rings. The summed E-state index contributed by atoms with van der Waals surface area (Å²) in [6.07, 6.45) is 1.12. The lowest BCUT2D eigenvalue weighted by atomic mass is 9.93. The minimum absolute atomic E-state index is 0.114. The number of cyclic esters (lactones) is 1. The number of nitrogens with zero attached hydrogens (tertiary/aromatic N) is 2. The number of carbonyl (C=O) groups excluding carboxylic acids is 2. The van der Waals surface area contributed by atoms with Crippen LogP contribution in [0, 0.1) is 0 Å². The summed E-state index contributed by atoms with van der Waals surface area (Å²) in [5.74, 6) is -0.537. The minimum Gasteiger partial charge on any atom is -0.461 e. The summed E-state index contributed by atoms with van der Waals surface area (Å²) in [5.41, 5.74) is 5.74. The molecular formula is C43H37N2O8S+. The van der Waals surface area contributed by atoms with Crippen molar-refractivity contribution >= 4 is 44.3 Å². The molecule has 0 amide bonds. The van der Waals surface area contributed by atoms with E-state index in [-0.39, 0.29) is 18.1 Å². The van der Waals surface area contributed by atoms with Gasteiger partial charge in [-0.15, -0.1) is 0 Å². The third-order valence-corrected chi connectivity index (χ3v) is 10.2. The second-order valence-electron chi connectivity index (χ2n) is 12.8. The first kappa shape index (κ1) is 36.1. The van der Waals surface area contributed by atoms with Gasteiger partial charge in [0.1, 0.15) is 22.8 Å². The molecule has 10 nitrogen and oxygen atoms in total. The largest absolute Gasteiger partial charge is 0.461 e. The number of rotatable bonds is 9. The molecule has 272 valence electrons. The maximum absolute atomic E-state index is 12.7. The summed E-state index contributed by atoms with van der Waals surface area (Å²) in [4.78, 5) is 26.4. The number of ether oxygens (including phenoxy) is 2. The highest BCUT2D eigenvalue weighted by molar-refractivity contribution is 7.86.